The Morgan fingerprint density at radius 1 is 1.11 bits per heavy atom. The van der Waals surface area contributed by atoms with Crippen LogP contribution in [0.3, 0.4) is 0 Å². The summed E-state index contributed by atoms with van der Waals surface area (Å²) >= 11 is 0. The van der Waals surface area contributed by atoms with Gasteiger partial charge >= 0.3 is 0 Å². The van der Waals surface area contributed by atoms with Gasteiger partial charge in [-0.05, 0) is 44.5 Å². The van der Waals surface area contributed by atoms with Gasteiger partial charge in [-0.15, -0.1) is 0 Å². The molecule has 1 atom stereocenters. The molecule has 0 saturated heterocycles. The van der Waals surface area contributed by atoms with Crippen molar-refractivity contribution in [2.75, 3.05) is 0 Å². The molecule has 100 valence electrons. The Morgan fingerprint density at radius 2 is 1.79 bits per heavy atom. The van der Waals surface area contributed by atoms with Gasteiger partial charge in [-0.3, -0.25) is 4.98 Å². The van der Waals surface area contributed by atoms with Crippen LogP contribution in [0.25, 0.3) is 0 Å². The van der Waals surface area contributed by atoms with Crippen molar-refractivity contribution in [2.24, 2.45) is 0 Å². The minimum absolute atomic E-state index is 0.0383. The van der Waals surface area contributed by atoms with E-state index in [0.29, 0.717) is 22.4 Å². The highest BCUT2D eigenvalue weighted by Gasteiger charge is 2.21. The maximum absolute atomic E-state index is 10.4. The summed E-state index contributed by atoms with van der Waals surface area (Å²) in [4.78, 5) is 4.24. The van der Waals surface area contributed by atoms with Crippen LogP contribution in [0.2, 0.25) is 0 Å². The summed E-state index contributed by atoms with van der Waals surface area (Å²) in [6, 6.07) is 6.75. The SMILES string of the molecule is Cc1cccc(C(O)c2c(O)cc(C)c(O)c2C)n1. The molecule has 4 nitrogen and oxygen atoms in total. The molecule has 2 aromatic rings. The molecule has 0 aliphatic rings. The highest BCUT2D eigenvalue weighted by molar-refractivity contribution is 5.53. The number of aryl methyl sites for hydroxylation is 2. The number of nitrogens with zero attached hydrogens (tertiary/aromatic N) is 1. The number of aromatic nitrogens is 1. The fourth-order valence-electron chi connectivity index (χ4n) is 2.18. The first kappa shape index (κ1) is 13.4. The fraction of sp³-hybridized carbons (Fsp3) is 0.267. The molecule has 1 aromatic carbocycles. The first-order chi connectivity index (χ1) is 8.91. The van der Waals surface area contributed by atoms with E-state index in [2.05, 4.69) is 4.98 Å². The van der Waals surface area contributed by atoms with Crippen molar-refractivity contribution in [3.63, 3.8) is 0 Å². The summed E-state index contributed by atoms with van der Waals surface area (Å²) in [5, 5.41) is 30.3. The third-order valence-electron chi connectivity index (χ3n) is 3.23. The average Bonchev–Trinajstić information content (AvgIpc) is 2.36. The molecule has 1 heterocycles. The topological polar surface area (TPSA) is 73.6 Å². The molecule has 1 aromatic heterocycles. The van der Waals surface area contributed by atoms with E-state index in [1.807, 2.05) is 13.0 Å². The smallest absolute Gasteiger partial charge is 0.125 e. The Hall–Kier alpha value is -2.07. The van der Waals surface area contributed by atoms with Crippen molar-refractivity contribution in [1.82, 2.24) is 4.98 Å². The molecule has 19 heavy (non-hydrogen) atoms. The first-order valence-electron chi connectivity index (χ1n) is 6.05. The zero-order chi connectivity index (χ0) is 14.2. The maximum Gasteiger partial charge on any atom is 0.125 e. The highest BCUT2D eigenvalue weighted by atomic mass is 16.3. The third-order valence-corrected chi connectivity index (χ3v) is 3.23. The Bertz CT molecular complexity index is 623. The van der Waals surface area contributed by atoms with Gasteiger partial charge in [-0.2, -0.15) is 0 Å². The summed E-state index contributed by atoms with van der Waals surface area (Å²) in [5.74, 6) is 0.0445. The van der Waals surface area contributed by atoms with Gasteiger partial charge in [0.25, 0.3) is 0 Å². The fourth-order valence-corrected chi connectivity index (χ4v) is 2.18. The minimum atomic E-state index is -1.06. The molecule has 0 bridgehead atoms. The third kappa shape index (κ3) is 2.39. The number of phenolic OH excluding ortho intramolecular Hbond substituents is 2. The molecule has 0 aliphatic carbocycles. The molecule has 0 fully saturated rings. The predicted molar refractivity (Wildman–Crippen MR) is 72.3 cm³/mol. The summed E-state index contributed by atoms with van der Waals surface area (Å²) in [6.45, 7) is 5.19. The summed E-state index contributed by atoms with van der Waals surface area (Å²) in [7, 11) is 0. The minimum Gasteiger partial charge on any atom is -0.508 e. The average molecular weight is 259 g/mol. The standard InChI is InChI=1S/C15H17NO3/c1-8-7-12(17)13(10(3)14(8)18)15(19)11-6-4-5-9(2)16-11/h4-7,15,17-19H,1-3H3. The number of phenols is 2. The van der Waals surface area contributed by atoms with Crippen LogP contribution < -0.4 is 0 Å². The van der Waals surface area contributed by atoms with Gasteiger partial charge in [0, 0.05) is 16.8 Å². The summed E-state index contributed by atoms with van der Waals surface area (Å²) < 4.78 is 0. The summed E-state index contributed by atoms with van der Waals surface area (Å²) in [5.41, 5.74) is 2.56. The molecule has 1 unspecified atom stereocenters. The van der Waals surface area contributed by atoms with E-state index in [1.54, 1.807) is 26.0 Å². The van der Waals surface area contributed by atoms with E-state index in [9.17, 15) is 15.3 Å². The number of benzene rings is 1. The van der Waals surface area contributed by atoms with E-state index < -0.39 is 6.10 Å². The normalized spacial score (nSPS) is 12.4. The number of pyridine rings is 1. The van der Waals surface area contributed by atoms with Crippen molar-refractivity contribution in [3.8, 4) is 11.5 Å². The predicted octanol–water partition coefficient (Wildman–Crippen LogP) is 2.50. The maximum atomic E-state index is 10.4. The van der Waals surface area contributed by atoms with E-state index >= 15 is 0 Å². The van der Waals surface area contributed by atoms with E-state index in [1.165, 1.54) is 6.07 Å². The molecule has 0 radical (unpaired) electrons. The highest BCUT2D eigenvalue weighted by Crippen LogP contribution is 2.37. The summed E-state index contributed by atoms with van der Waals surface area (Å²) in [6.07, 6.45) is -1.06. The Kier molecular flexibility index (Phi) is 3.44. The zero-order valence-corrected chi connectivity index (χ0v) is 11.2. The largest absolute Gasteiger partial charge is 0.508 e. The van der Waals surface area contributed by atoms with Crippen molar-refractivity contribution in [3.05, 3.63) is 52.3 Å². The molecule has 0 spiro atoms. The van der Waals surface area contributed by atoms with Crippen molar-refractivity contribution < 1.29 is 15.3 Å². The van der Waals surface area contributed by atoms with Gasteiger partial charge in [0.05, 0.1) is 5.69 Å². The lowest BCUT2D eigenvalue weighted by atomic mass is 9.96. The lowest BCUT2D eigenvalue weighted by Crippen LogP contribution is -2.06. The Balaban J connectivity index is 2.56. The van der Waals surface area contributed by atoms with Crippen LogP contribution in [0.1, 0.15) is 34.2 Å². The van der Waals surface area contributed by atoms with Crippen LogP contribution in [-0.4, -0.2) is 20.3 Å². The number of aliphatic hydroxyl groups is 1. The Labute approximate surface area is 112 Å². The molecule has 0 amide bonds. The van der Waals surface area contributed by atoms with Crippen LogP contribution in [0, 0.1) is 20.8 Å². The number of aliphatic hydroxyl groups excluding tert-OH is 1. The van der Waals surface area contributed by atoms with Gasteiger partial charge in [0.2, 0.25) is 0 Å². The van der Waals surface area contributed by atoms with Crippen molar-refractivity contribution >= 4 is 0 Å². The van der Waals surface area contributed by atoms with E-state index in [-0.39, 0.29) is 11.5 Å². The first-order valence-corrected chi connectivity index (χ1v) is 6.05. The second kappa shape index (κ2) is 4.90. The molecule has 0 saturated carbocycles. The molecular weight excluding hydrogens is 242 g/mol. The monoisotopic (exact) mass is 259 g/mol. The van der Waals surface area contributed by atoms with Gasteiger partial charge in [-0.25, -0.2) is 0 Å². The van der Waals surface area contributed by atoms with Gasteiger partial charge in [-0.1, -0.05) is 6.07 Å². The van der Waals surface area contributed by atoms with Crippen LogP contribution in [0.5, 0.6) is 11.5 Å². The number of hydrogen-bond acceptors (Lipinski definition) is 4. The zero-order valence-electron chi connectivity index (χ0n) is 11.2. The van der Waals surface area contributed by atoms with Crippen LogP contribution in [0.4, 0.5) is 0 Å². The number of rotatable bonds is 2. The lowest BCUT2D eigenvalue weighted by Gasteiger charge is -2.17. The number of aromatic hydroxyl groups is 2. The molecule has 0 aliphatic heterocycles. The Morgan fingerprint density at radius 3 is 2.42 bits per heavy atom. The molecule has 2 rings (SSSR count). The van der Waals surface area contributed by atoms with Gasteiger partial charge in [0.15, 0.2) is 0 Å². The van der Waals surface area contributed by atoms with E-state index in [4.69, 9.17) is 0 Å². The lowest BCUT2D eigenvalue weighted by molar-refractivity contribution is 0.209. The van der Waals surface area contributed by atoms with Crippen LogP contribution >= 0.6 is 0 Å². The second-order valence-corrected chi connectivity index (χ2v) is 4.71. The van der Waals surface area contributed by atoms with Gasteiger partial charge in [0.1, 0.15) is 17.6 Å². The quantitative estimate of drug-likeness (QED) is 0.724. The van der Waals surface area contributed by atoms with Gasteiger partial charge < -0.3 is 15.3 Å². The molecule has 4 heteroatoms. The van der Waals surface area contributed by atoms with Crippen molar-refractivity contribution in [2.45, 2.75) is 26.9 Å². The van der Waals surface area contributed by atoms with E-state index in [0.717, 1.165) is 5.69 Å². The van der Waals surface area contributed by atoms with Crippen LogP contribution in [0.15, 0.2) is 24.3 Å². The van der Waals surface area contributed by atoms with Crippen LogP contribution in [-0.2, 0) is 0 Å². The molecular formula is C15H17NO3. The number of hydrogen-bond donors (Lipinski definition) is 3. The second-order valence-electron chi connectivity index (χ2n) is 4.71. The molecule has 3 N–H and O–H groups in total. The van der Waals surface area contributed by atoms with Crippen molar-refractivity contribution in [1.29, 1.82) is 0 Å².